The predicted octanol–water partition coefficient (Wildman–Crippen LogP) is 4.45. The molecule has 1 aliphatic heterocycles. The van der Waals surface area contributed by atoms with Crippen molar-refractivity contribution in [2.75, 3.05) is 18.6 Å². The number of methoxy groups -OCH3 is 1. The predicted molar refractivity (Wildman–Crippen MR) is 119 cm³/mol. The third-order valence-corrected chi connectivity index (χ3v) is 6.00. The van der Waals surface area contributed by atoms with Crippen molar-refractivity contribution >= 4 is 22.6 Å². The zero-order valence-electron chi connectivity index (χ0n) is 18.1. The van der Waals surface area contributed by atoms with Crippen LogP contribution >= 0.6 is 0 Å². The molecule has 0 radical (unpaired) electrons. The molecule has 0 aliphatic carbocycles. The number of hydrogen-bond acceptors (Lipinski definition) is 5. The molecule has 5 rings (SSSR count). The van der Waals surface area contributed by atoms with Crippen LogP contribution in [0, 0.1) is 13.8 Å². The van der Waals surface area contributed by atoms with Gasteiger partial charge in [0, 0.05) is 13.6 Å². The Balaban J connectivity index is 1.73. The van der Waals surface area contributed by atoms with Gasteiger partial charge in [-0.1, -0.05) is 6.07 Å². The number of ether oxygens (including phenoxy) is 1. The van der Waals surface area contributed by atoms with Gasteiger partial charge in [0.2, 0.25) is 0 Å². The van der Waals surface area contributed by atoms with E-state index >= 15 is 0 Å². The molecule has 158 valence electrons. The van der Waals surface area contributed by atoms with Crippen molar-refractivity contribution in [1.29, 1.82) is 0 Å². The van der Waals surface area contributed by atoms with Gasteiger partial charge in [0.05, 0.1) is 35.7 Å². The van der Waals surface area contributed by atoms with E-state index < -0.39 is 0 Å². The van der Waals surface area contributed by atoms with Crippen molar-refractivity contribution < 1.29 is 13.9 Å². The first-order chi connectivity index (χ1) is 15.0. The number of aryl methyl sites for hydroxylation is 3. The molecular weight excluding hydrogens is 392 g/mol. The van der Waals surface area contributed by atoms with Gasteiger partial charge in [0.1, 0.15) is 11.4 Å². The SMILES string of the molecule is COc1ccc(C)c2c1N(C(=O)c1cc(-c3ccco3)nc3c1c(C)nn3C)CCC2. The van der Waals surface area contributed by atoms with Crippen molar-refractivity contribution in [2.24, 2.45) is 7.05 Å². The molecule has 0 spiro atoms. The quantitative estimate of drug-likeness (QED) is 0.493. The minimum absolute atomic E-state index is 0.0823. The lowest BCUT2D eigenvalue weighted by Crippen LogP contribution is -2.36. The van der Waals surface area contributed by atoms with Gasteiger partial charge in [0.15, 0.2) is 11.4 Å². The maximum Gasteiger partial charge on any atom is 0.259 e. The van der Waals surface area contributed by atoms with Crippen molar-refractivity contribution in [1.82, 2.24) is 14.8 Å². The maximum absolute atomic E-state index is 14.0. The summed E-state index contributed by atoms with van der Waals surface area (Å²) >= 11 is 0. The van der Waals surface area contributed by atoms with Crippen LogP contribution in [-0.2, 0) is 13.5 Å². The molecule has 0 atom stereocenters. The summed E-state index contributed by atoms with van der Waals surface area (Å²) in [4.78, 5) is 20.6. The summed E-state index contributed by atoms with van der Waals surface area (Å²) < 4.78 is 12.9. The van der Waals surface area contributed by atoms with E-state index in [4.69, 9.17) is 14.1 Å². The Labute approximate surface area is 180 Å². The molecule has 4 aromatic rings. The fourth-order valence-corrected chi connectivity index (χ4v) is 4.53. The molecule has 7 heteroatoms. The first-order valence-electron chi connectivity index (χ1n) is 10.4. The monoisotopic (exact) mass is 416 g/mol. The Morgan fingerprint density at radius 1 is 1.23 bits per heavy atom. The van der Waals surface area contributed by atoms with E-state index in [0.29, 0.717) is 35.0 Å². The number of pyridine rings is 1. The van der Waals surface area contributed by atoms with E-state index in [-0.39, 0.29) is 5.91 Å². The second kappa shape index (κ2) is 7.27. The molecule has 7 nitrogen and oxygen atoms in total. The molecule has 0 saturated carbocycles. The van der Waals surface area contributed by atoms with Gasteiger partial charge < -0.3 is 14.1 Å². The minimum Gasteiger partial charge on any atom is -0.495 e. The number of nitrogens with zero attached hydrogens (tertiary/aromatic N) is 4. The van der Waals surface area contributed by atoms with Gasteiger partial charge in [0.25, 0.3) is 5.91 Å². The summed E-state index contributed by atoms with van der Waals surface area (Å²) in [6.45, 7) is 4.62. The fourth-order valence-electron chi connectivity index (χ4n) is 4.53. The van der Waals surface area contributed by atoms with Crippen molar-refractivity contribution in [2.45, 2.75) is 26.7 Å². The molecule has 1 aromatic carbocycles. The van der Waals surface area contributed by atoms with Gasteiger partial charge >= 0.3 is 0 Å². The van der Waals surface area contributed by atoms with Crippen molar-refractivity contribution in [3.63, 3.8) is 0 Å². The van der Waals surface area contributed by atoms with Crippen LogP contribution in [0.25, 0.3) is 22.5 Å². The molecule has 1 amide bonds. The molecule has 0 bridgehead atoms. The number of fused-ring (bicyclic) bond motifs is 2. The van der Waals surface area contributed by atoms with Crippen LogP contribution in [0.4, 0.5) is 5.69 Å². The number of hydrogen-bond donors (Lipinski definition) is 0. The number of anilines is 1. The number of rotatable bonds is 3. The number of benzene rings is 1. The van der Waals surface area contributed by atoms with Crippen molar-refractivity contribution in [3.05, 3.63) is 59.0 Å². The summed E-state index contributed by atoms with van der Waals surface area (Å²) in [5.74, 6) is 1.25. The van der Waals surface area contributed by atoms with Crippen molar-refractivity contribution in [3.8, 4) is 17.2 Å². The standard InChI is InChI=1S/C24H24N4O3/c1-14-9-10-20(30-4)22-16(14)7-5-11-28(22)24(29)17-13-18(19-8-6-12-31-19)25-23-21(17)15(2)26-27(23)3/h6,8-10,12-13H,5,7,11H2,1-4H3. The summed E-state index contributed by atoms with van der Waals surface area (Å²) in [6, 6.07) is 9.46. The molecular formula is C24H24N4O3. The Bertz CT molecular complexity index is 1300. The zero-order chi connectivity index (χ0) is 21.7. The second-order valence-corrected chi connectivity index (χ2v) is 7.91. The van der Waals surface area contributed by atoms with Crippen LogP contribution in [0.5, 0.6) is 5.75 Å². The van der Waals surface area contributed by atoms with Gasteiger partial charge in [-0.2, -0.15) is 5.10 Å². The molecule has 0 fully saturated rings. The smallest absolute Gasteiger partial charge is 0.259 e. The molecule has 1 aliphatic rings. The van der Waals surface area contributed by atoms with Gasteiger partial charge in [-0.3, -0.25) is 9.48 Å². The van der Waals surface area contributed by atoms with E-state index in [9.17, 15) is 4.79 Å². The van der Waals surface area contributed by atoms with E-state index in [2.05, 4.69) is 18.1 Å². The molecule has 0 saturated heterocycles. The summed E-state index contributed by atoms with van der Waals surface area (Å²) in [5, 5.41) is 5.29. The Hall–Kier alpha value is -3.61. The first-order valence-corrected chi connectivity index (χ1v) is 10.4. The average Bonchev–Trinajstić information content (AvgIpc) is 3.41. The third-order valence-electron chi connectivity index (χ3n) is 6.00. The highest BCUT2D eigenvalue weighted by Crippen LogP contribution is 2.40. The second-order valence-electron chi connectivity index (χ2n) is 7.91. The number of amides is 1. The highest BCUT2D eigenvalue weighted by molar-refractivity contribution is 6.15. The number of carbonyl (C=O) groups is 1. The molecule has 31 heavy (non-hydrogen) atoms. The maximum atomic E-state index is 14.0. The number of carbonyl (C=O) groups excluding carboxylic acids is 1. The van der Waals surface area contributed by atoms with E-state index in [1.54, 1.807) is 18.1 Å². The topological polar surface area (TPSA) is 73.4 Å². The normalized spacial score (nSPS) is 13.5. The Kier molecular flexibility index (Phi) is 4.54. The zero-order valence-corrected chi connectivity index (χ0v) is 18.1. The van der Waals surface area contributed by atoms with Crippen LogP contribution in [0.1, 0.15) is 33.6 Å². The van der Waals surface area contributed by atoms with Crippen LogP contribution in [0.3, 0.4) is 0 Å². The largest absolute Gasteiger partial charge is 0.495 e. The summed E-state index contributed by atoms with van der Waals surface area (Å²) in [5.41, 5.74) is 5.80. The third kappa shape index (κ3) is 3.00. The van der Waals surface area contributed by atoms with Crippen LogP contribution in [0.2, 0.25) is 0 Å². The lowest BCUT2D eigenvalue weighted by Gasteiger charge is -2.32. The summed E-state index contributed by atoms with van der Waals surface area (Å²) in [6.07, 6.45) is 3.43. The lowest BCUT2D eigenvalue weighted by molar-refractivity contribution is 0.0986. The highest BCUT2D eigenvalue weighted by Gasteiger charge is 2.30. The molecule has 0 unspecified atom stereocenters. The summed E-state index contributed by atoms with van der Waals surface area (Å²) in [7, 11) is 3.48. The Morgan fingerprint density at radius 3 is 2.81 bits per heavy atom. The van der Waals surface area contributed by atoms with Gasteiger partial charge in [-0.25, -0.2) is 4.98 Å². The van der Waals surface area contributed by atoms with Crippen LogP contribution in [0.15, 0.2) is 41.0 Å². The molecule has 0 N–H and O–H groups in total. The van der Waals surface area contributed by atoms with Crippen LogP contribution in [-0.4, -0.2) is 34.3 Å². The van der Waals surface area contributed by atoms with E-state index in [1.807, 2.05) is 43.1 Å². The van der Waals surface area contributed by atoms with Crippen LogP contribution < -0.4 is 9.64 Å². The fraction of sp³-hybridized carbons (Fsp3) is 0.292. The average molecular weight is 416 g/mol. The number of furan rings is 1. The Morgan fingerprint density at radius 2 is 2.06 bits per heavy atom. The molecule has 4 heterocycles. The lowest BCUT2D eigenvalue weighted by atomic mass is 9.95. The number of aromatic nitrogens is 3. The molecule has 3 aromatic heterocycles. The minimum atomic E-state index is -0.0823. The van der Waals surface area contributed by atoms with E-state index in [1.165, 1.54) is 11.1 Å². The van der Waals surface area contributed by atoms with Gasteiger partial charge in [-0.05, 0) is 62.1 Å². The highest BCUT2D eigenvalue weighted by atomic mass is 16.5. The van der Waals surface area contributed by atoms with Gasteiger partial charge in [-0.15, -0.1) is 0 Å². The van der Waals surface area contributed by atoms with E-state index in [0.717, 1.165) is 29.6 Å². The first kappa shape index (κ1) is 19.4.